The topological polar surface area (TPSA) is 12.5 Å². The first-order valence-corrected chi connectivity index (χ1v) is 5.31. The minimum Gasteiger partial charge on any atom is -0.147 e. The molecule has 0 aliphatic rings. The van der Waals surface area contributed by atoms with Gasteiger partial charge in [0.05, 0.1) is 0 Å². The summed E-state index contributed by atoms with van der Waals surface area (Å²) in [5.74, 6) is 0. The summed E-state index contributed by atoms with van der Waals surface area (Å²) in [7, 11) is 0. The fraction of sp³-hybridized carbons (Fsp3) is 1.00. The molecule has 12 heavy (non-hydrogen) atoms. The summed E-state index contributed by atoms with van der Waals surface area (Å²) in [6, 6.07) is 0. The average molecular weight is 252 g/mol. The van der Waals surface area contributed by atoms with Gasteiger partial charge in [0, 0.05) is 0 Å². The van der Waals surface area contributed by atoms with Crippen molar-refractivity contribution in [2.45, 2.75) is 27.2 Å². The molecule has 0 aromatic rings. The van der Waals surface area contributed by atoms with Crippen LogP contribution in [0.1, 0.15) is 27.2 Å². The van der Waals surface area contributed by atoms with Crippen molar-refractivity contribution in [2.75, 3.05) is 19.7 Å². The van der Waals surface area contributed by atoms with Gasteiger partial charge >= 0.3 is 73.4 Å². The van der Waals surface area contributed by atoms with E-state index in [1.807, 2.05) is 0 Å². The van der Waals surface area contributed by atoms with Crippen LogP contribution in [0.3, 0.4) is 0 Å². The van der Waals surface area contributed by atoms with Gasteiger partial charge in [-0.2, -0.15) is 0 Å². The van der Waals surface area contributed by atoms with E-state index in [-0.39, 0.29) is 44.6 Å². The van der Waals surface area contributed by atoms with Gasteiger partial charge in [0.15, 0.2) is 0 Å². The summed E-state index contributed by atoms with van der Waals surface area (Å²) in [4.78, 5) is 0. The standard InChI is InChI=1S/C4H10N.C3H7O.2ClH.Ti/c1-3-5-4-2;1-2-3-4;;;/h3-4H2,1-2H3;2-3H2,1H3;2*1H;/q2*-1;;;+2. The number of hydrogen-bond donors (Lipinski definition) is 0. The fourth-order valence-electron chi connectivity index (χ4n) is 0.592. The van der Waals surface area contributed by atoms with Crippen LogP contribution in [-0.4, -0.2) is 23.1 Å². The third-order valence-corrected chi connectivity index (χ3v) is 3.17. The maximum absolute atomic E-state index is 5.48. The van der Waals surface area contributed by atoms with Crippen molar-refractivity contribution in [2.24, 2.45) is 0 Å². The summed E-state index contributed by atoms with van der Waals surface area (Å²) in [5.41, 5.74) is 0. The van der Waals surface area contributed by atoms with Crippen molar-refractivity contribution in [3.05, 3.63) is 0 Å². The molecular formula is C7H19Cl2NOTi. The molecule has 0 saturated carbocycles. The van der Waals surface area contributed by atoms with Gasteiger partial charge in [-0.3, -0.25) is 0 Å². The first-order chi connectivity index (χ1) is 4.85. The number of halogens is 2. The molecule has 0 heterocycles. The molecule has 0 aliphatic heterocycles. The SMILES string of the molecule is CCC[O][Ti][N](CC)CC.Cl.Cl. The quantitative estimate of drug-likeness (QED) is 0.532. The van der Waals surface area contributed by atoms with Crippen molar-refractivity contribution in [1.82, 2.24) is 3.38 Å². The van der Waals surface area contributed by atoms with Crippen molar-refractivity contribution < 1.29 is 23.1 Å². The zero-order chi connectivity index (χ0) is 7.82. The maximum Gasteiger partial charge on any atom is -0.147 e. The Balaban J connectivity index is -0.000000405. The number of rotatable bonds is 6. The van der Waals surface area contributed by atoms with E-state index in [0.29, 0.717) is 0 Å². The van der Waals surface area contributed by atoms with Crippen molar-refractivity contribution in [1.29, 1.82) is 0 Å². The third kappa shape index (κ3) is 11.2. The van der Waals surface area contributed by atoms with Gasteiger partial charge in [-0.05, 0) is 0 Å². The van der Waals surface area contributed by atoms with E-state index >= 15 is 0 Å². The van der Waals surface area contributed by atoms with Crippen LogP contribution in [0, 0.1) is 0 Å². The molecule has 0 atom stereocenters. The minimum absolute atomic E-state index is 0. The number of hydrogen-bond acceptors (Lipinski definition) is 2. The summed E-state index contributed by atoms with van der Waals surface area (Å²) < 4.78 is 7.86. The molecule has 0 bridgehead atoms. The molecule has 2 nitrogen and oxygen atoms in total. The molecule has 0 fully saturated rings. The van der Waals surface area contributed by atoms with Crippen LogP contribution in [-0.2, 0) is 23.1 Å². The van der Waals surface area contributed by atoms with Crippen LogP contribution in [0.25, 0.3) is 0 Å². The van der Waals surface area contributed by atoms with Gasteiger partial charge in [0.1, 0.15) is 0 Å². The van der Waals surface area contributed by atoms with Crippen LogP contribution in [0.2, 0.25) is 0 Å². The molecule has 0 unspecified atom stereocenters. The average Bonchev–Trinajstić information content (AvgIpc) is 1.99. The van der Waals surface area contributed by atoms with E-state index < -0.39 is 0 Å². The molecule has 0 amide bonds. The summed E-state index contributed by atoms with van der Waals surface area (Å²) in [5, 5.41) is 0. The zero-order valence-electron chi connectivity index (χ0n) is 8.00. The van der Waals surface area contributed by atoms with Crippen molar-refractivity contribution >= 4 is 24.8 Å². The Labute approximate surface area is 97.9 Å². The van der Waals surface area contributed by atoms with Gasteiger partial charge in [-0.1, -0.05) is 0 Å². The molecule has 0 aromatic carbocycles. The van der Waals surface area contributed by atoms with Crippen LogP contribution in [0.5, 0.6) is 0 Å². The first-order valence-electron chi connectivity index (χ1n) is 3.97. The van der Waals surface area contributed by atoms with E-state index in [9.17, 15) is 0 Å². The van der Waals surface area contributed by atoms with Gasteiger partial charge in [0.2, 0.25) is 0 Å². The molecule has 76 valence electrons. The Hall–Kier alpha value is 1.21. The molecule has 0 saturated heterocycles. The van der Waals surface area contributed by atoms with E-state index in [0.717, 1.165) is 26.1 Å². The van der Waals surface area contributed by atoms with E-state index in [2.05, 4.69) is 24.2 Å². The van der Waals surface area contributed by atoms with E-state index in [1.54, 1.807) is 0 Å². The summed E-state index contributed by atoms with van der Waals surface area (Å²) in [6.07, 6.45) is 1.14. The fourth-order valence-corrected chi connectivity index (χ4v) is 1.74. The molecule has 5 heteroatoms. The first kappa shape index (κ1) is 18.9. The predicted molar refractivity (Wildman–Crippen MR) is 53.7 cm³/mol. The minimum atomic E-state index is -0.238. The van der Waals surface area contributed by atoms with E-state index in [1.165, 1.54) is 0 Å². The van der Waals surface area contributed by atoms with Crippen molar-refractivity contribution in [3.63, 3.8) is 0 Å². The smallest absolute Gasteiger partial charge is 0.147 e. The molecule has 0 radical (unpaired) electrons. The molecular weight excluding hydrogens is 233 g/mol. The normalized spacial score (nSPS) is 8.67. The third-order valence-electron chi connectivity index (χ3n) is 1.26. The van der Waals surface area contributed by atoms with E-state index in [4.69, 9.17) is 3.32 Å². The second-order valence-corrected chi connectivity index (χ2v) is 3.84. The van der Waals surface area contributed by atoms with Gasteiger partial charge in [-0.25, -0.2) is 0 Å². The Morgan fingerprint density at radius 3 is 1.92 bits per heavy atom. The molecule has 0 aliphatic carbocycles. The molecule has 0 rings (SSSR count). The van der Waals surface area contributed by atoms with Crippen LogP contribution >= 0.6 is 24.8 Å². The Morgan fingerprint density at radius 2 is 1.58 bits per heavy atom. The van der Waals surface area contributed by atoms with Gasteiger partial charge in [-0.15, -0.1) is 24.8 Å². The maximum atomic E-state index is 5.48. The molecule has 0 N–H and O–H groups in total. The Bertz CT molecular complexity index is 74.4. The van der Waals surface area contributed by atoms with Gasteiger partial charge < -0.3 is 0 Å². The molecule has 0 spiro atoms. The largest absolute Gasteiger partial charge is 0.147 e. The van der Waals surface area contributed by atoms with Crippen molar-refractivity contribution in [3.8, 4) is 0 Å². The second kappa shape index (κ2) is 14.7. The Kier molecular flexibility index (Phi) is 23.2. The Morgan fingerprint density at radius 1 is 1.08 bits per heavy atom. The monoisotopic (exact) mass is 251 g/mol. The second-order valence-electron chi connectivity index (χ2n) is 2.11. The van der Waals surface area contributed by atoms with Gasteiger partial charge in [0.25, 0.3) is 0 Å². The number of nitrogens with zero attached hydrogens (tertiary/aromatic N) is 1. The van der Waals surface area contributed by atoms with Crippen LogP contribution < -0.4 is 0 Å². The summed E-state index contributed by atoms with van der Waals surface area (Å²) in [6.45, 7) is 9.73. The van der Waals surface area contributed by atoms with Crippen LogP contribution in [0.15, 0.2) is 0 Å². The molecule has 0 aromatic heterocycles. The summed E-state index contributed by atoms with van der Waals surface area (Å²) >= 11 is -0.238. The predicted octanol–water partition coefficient (Wildman–Crippen LogP) is 2.51. The van der Waals surface area contributed by atoms with Crippen LogP contribution in [0.4, 0.5) is 0 Å². The zero-order valence-corrected chi connectivity index (χ0v) is 11.2.